The molecule has 13 nitrogen and oxygen atoms in total. The third-order valence-corrected chi connectivity index (χ3v) is 11.4. The molecular formula is C50H66N4O9. The van der Waals surface area contributed by atoms with Crippen molar-refractivity contribution in [1.29, 1.82) is 0 Å². The van der Waals surface area contributed by atoms with Crippen molar-refractivity contribution in [2.24, 2.45) is 0 Å². The van der Waals surface area contributed by atoms with Crippen LogP contribution in [0.3, 0.4) is 0 Å². The first kappa shape index (κ1) is 49.8. The van der Waals surface area contributed by atoms with Crippen molar-refractivity contribution >= 4 is 57.1 Å². The van der Waals surface area contributed by atoms with Crippen LogP contribution < -0.4 is 21.3 Å². The lowest BCUT2D eigenvalue weighted by molar-refractivity contribution is -0.143. The topological polar surface area (TPSA) is 211 Å². The van der Waals surface area contributed by atoms with Crippen LogP contribution in [0.1, 0.15) is 121 Å². The minimum atomic E-state index is -1.49. The van der Waals surface area contributed by atoms with Crippen LogP contribution in [-0.4, -0.2) is 81.7 Å². The van der Waals surface area contributed by atoms with Crippen molar-refractivity contribution in [3.05, 3.63) is 96.1 Å². The number of carboxylic acid groups (broad SMARTS) is 2. The standard InChI is InChI=1S/C50H66N4O9/c1-2-3-4-5-6-7-8-9-10-11-12-13-14-23-45(56)51-44(34-55)49(61)53-42(32-35-24-26-37-19-15-17-21-39(37)30-35)48(60)52-41(28-29-46(57)58)47(59)54-43(50(62)63)33-36-25-27-38-20-16-18-22-40(38)31-36/h15-22,24-27,30-31,41-44,55H,2-14,23,28-29,32-34H2,1H3,(H,51,56)(H,52,60)(H,53,61)(H,54,59)(H,57,58)(H,62,63)/t41-,42-,43-,44-/m0/s1. The summed E-state index contributed by atoms with van der Waals surface area (Å²) >= 11 is 0. The van der Waals surface area contributed by atoms with E-state index in [-0.39, 0.29) is 25.7 Å². The lowest BCUT2D eigenvalue weighted by Crippen LogP contribution is -2.59. The number of hydrogen-bond acceptors (Lipinski definition) is 7. The second-order valence-corrected chi connectivity index (χ2v) is 16.5. The zero-order valence-electron chi connectivity index (χ0n) is 36.6. The third kappa shape index (κ3) is 17.8. The van der Waals surface area contributed by atoms with Crippen LogP contribution in [0.5, 0.6) is 0 Å². The maximum absolute atomic E-state index is 14.1. The molecule has 0 aliphatic rings. The zero-order valence-corrected chi connectivity index (χ0v) is 36.6. The number of aliphatic carboxylic acids is 2. The molecule has 4 atom stereocenters. The fraction of sp³-hybridized carbons (Fsp3) is 0.480. The molecule has 63 heavy (non-hydrogen) atoms. The molecule has 340 valence electrons. The Bertz CT molecular complexity index is 2110. The van der Waals surface area contributed by atoms with E-state index >= 15 is 0 Å². The first-order valence-electron chi connectivity index (χ1n) is 22.7. The fourth-order valence-electron chi connectivity index (χ4n) is 7.73. The van der Waals surface area contributed by atoms with Crippen molar-refractivity contribution < 1.29 is 44.1 Å². The number of rotatable bonds is 30. The van der Waals surface area contributed by atoms with Crippen LogP contribution in [0.15, 0.2) is 84.9 Å². The molecule has 0 saturated heterocycles. The van der Waals surface area contributed by atoms with Gasteiger partial charge in [0.2, 0.25) is 23.6 Å². The highest BCUT2D eigenvalue weighted by Gasteiger charge is 2.32. The molecule has 0 fully saturated rings. The highest BCUT2D eigenvalue weighted by molar-refractivity contribution is 5.95. The van der Waals surface area contributed by atoms with Crippen LogP contribution in [0.2, 0.25) is 0 Å². The van der Waals surface area contributed by atoms with Gasteiger partial charge in [0, 0.05) is 25.7 Å². The predicted molar refractivity (Wildman–Crippen MR) is 245 cm³/mol. The number of unbranched alkanes of at least 4 members (excludes halogenated alkanes) is 12. The van der Waals surface area contributed by atoms with Gasteiger partial charge in [-0.05, 0) is 45.5 Å². The van der Waals surface area contributed by atoms with Gasteiger partial charge >= 0.3 is 11.9 Å². The van der Waals surface area contributed by atoms with Gasteiger partial charge in [-0.2, -0.15) is 0 Å². The number of fused-ring (bicyclic) bond motifs is 2. The summed E-state index contributed by atoms with van der Waals surface area (Å²) in [4.78, 5) is 78.4. The molecule has 4 aromatic carbocycles. The Morgan fingerprint density at radius 2 is 0.905 bits per heavy atom. The summed E-state index contributed by atoms with van der Waals surface area (Å²) in [6.07, 6.45) is 14.2. The lowest BCUT2D eigenvalue weighted by atomic mass is 9.99. The van der Waals surface area contributed by atoms with Gasteiger partial charge in [-0.15, -0.1) is 0 Å². The highest BCUT2D eigenvalue weighted by Crippen LogP contribution is 2.19. The summed E-state index contributed by atoms with van der Waals surface area (Å²) in [5, 5.41) is 43.7. The number of benzene rings is 4. The van der Waals surface area contributed by atoms with Gasteiger partial charge in [0.25, 0.3) is 0 Å². The molecule has 4 amide bonds. The van der Waals surface area contributed by atoms with E-state index in [0.29, 0.717) is 17.5 Å². The van der Waals surface area contributed by atoms with E-state index in [1.165, 1.54) is 57.8 Å². The number of hydrogen-bond donors (Lipinski definition) is 7. The van der Waals surface area contributed by atoms with E-state index in [9.17, 15) is 44.1 Å². The summed E-state index contributed by atoms with van der Waals surface area (Å²) in [6, 6.07) is 20.4. The summed E-state index contributed by atoms with van der Waals surface area (Å²) in [5.41, 5.74) is 1.29. The molecule has 0 unspecified atom stereocenters. The first-order chi connectivity index (χ1) is 30.5. The number of carboxylic acids is 2. The molecule has 0 aliphatic carbocycles. The summed E-state index contributed by atoms with van der Waals surface area (Å²) in [7, 11) is 0. The van der Waals surface area contributed by atoms with E-state index in [0.717, 1.165) is 40.8 Å². The quantitative estimate of drug-likeness (QED) is 0.0265. The third-order valence-electron chi connectivity index (χ3n) is 11.4. The van der Waals surface area contributed by atoms with Gasteiger partial charge in [-0.3, -0.25) is 24.0 Å². The number of nitrogens with one attached hydrogen (secondary N) is 4. The van der Waals surface area contributed by atoms with Gasteiger partial charge in [0.15, 0.2) is 0 Å². The van der Waals surface area contributed by atoms with E-state index in [4.69, 9.17) is 0 Å². The Balaban J connectivity index is 1.39. The normalized spacial score (nSPS) is 13.1. The first-order valence-corrected chi connectivity index (χ1v) is 22.7. The van der Waals surface area contributed by atoms with Gasteiger partial charge in [0.05, 0.1) is 6.61 Å². The Morgan fingerprint density at radius 3 is 1.40 bits per heavy atom. The second kappa shape index (κ2) is 27.3. The number of carbonyl (C=O) groups is 6. The molecule has 4 rings (SSSR count). The highest BCUT2D eigenvalue weighted by atomic mass is 16.4. The summed E-state index contributed by atoms with van der Waals surface area (Å²) in [6.45, 7) is 1.49. The summed E-state index contributed by atoms with van der Waals surface area (Å²) < 4.78 is 0. The van der Waals surface area contributed by atoms with Crippen molar-refractivity contribution in [1.82, 2.24) is 21.3 Å². The largest absolute Gasteiger partial charge is 0.481 e. The molecule has 13 heteroatoms. The molecule has 0 aromatic heterocycles. The molecular weight excluding hydrogens is 801 g/mol. The molecule has 7 N–H and O–H groups in total. The second-order valence-electron chi connectivity index (χ2n) is 16.5. The Kier molecular flexibility index (Phi) is 21.6. The van der Waals surface area contributed by atoms with Crippen molar-refractivity contribution in [2.45, 2.75) is 147 Å². The summed E-state index contributed by atoms with van der Waals surface area (Å²) in [5.74, 6) is -5.57. The van der Waals surface area contributed by atoms with Gasteiger partial charge < -0.3 is 36.6 Å². The van der Waals surface area contributed by atoms with E-state index in [1.807, 2.05) is 72.8 Å². The number of amides is 4. The average molecular weight is 867 g/mol. The lowest BCUT2D eigenvalue weighted by Gasteiger charge is -2.26. The maximum atomic E-state index is 14.1. The minimum Gasteiger partial charge on any atom is -0.481 e. The van der Waals surface area contributed by atoms with Gasteiger partial charge in [-0.25, -0.2) is 4.79 Å². The van der Waals surface area contributed by atoms with E-state index < -0.39 is 72.8 Å². The predicted octanol–water partition coefficient (Wildman–Crippen LogP) is 7.14. The van der Waals surface area contributed by atoms with Crippen LogP contribution in [-0.2, 0) is 41.6 Å². The Morgan fingerprint density at radius 1 is 0.476 bits per heavy atom. The Labute approximate surface area is 370 Å². The maximum Gasteiger partial charge on any atom is 0.326 e. The molecule has 0 aliphatic heterocycles. The number of aliphatic hydroxyl groups excluding tert-OH is 1. The minimum absolute atomic E-state index is 0.0690. The van der Waals surface area contributed by atoms with Crippen LogP contribution >= 0.6 is 0 Å². The van der Waals surface area contributed by atoms with E-state index in [1.54, 1.807) is 12.1 Å². The zero-order chi connectivity index (χ0) is 45.4. The van der Waals surface area contributed by atoms with Gasteiger partial charge in [-0.1, -0.05) is 169 Å². The number of carbonyl (C=O) groups excluding carboxylic acids is 4. The van der Waals surface area contributed by atoms with Crippen molar-refractivity contribution in [2.75, 3.05) is 6.61 Å². The SMILES string of the molecule is CCCCCCCCCCCCCCCC(=O)N[C@@H](CO)C(=O)N[C@@H](Cc1ccc2ccccc2c1)C(=O)N[C@@H](CCC(=O)O)C(=O)N[C@@H](Cc1ccc2ccccc2c1)C(=O)O. The monoisotopic (exact) mass is 866 g/mol. The average Bonchev–Trinajstić information content (AvgIpc) is 3.27. The van der Waals surface area contributed by atoms with Gasteiger partial charge in [0.1, 0.15) is 24.2 Å². The number of aliphatic hydroxyl groups is 1. The van der Waals surface area contributed by atoms with Crippen molar-refractivity contribution in [3.63, 3.8) is 0 Å². The molecule has 0 radical (unpaired) electrons. The van der Waals surface area contributed by atoms with Crippen LogP contribution in [0.25, 0.3) is 21.5 Å². The van der Waals surface area contributed by atoms with E-state index in [2.05, 4.69) is 28.2 Å². The molecule has 0 spiro atoms. The van der Waals surface area contributed by atoms with Crippen LogP contribution in [0.4, 0.5) is 0 Å². The molecule has 0 heterocycles. The molecule has 0 bridgehead atoms. The smallest absolute Gasteiger partial charge is 0.326 e. The van der Waals surface area contributed by atoms with Crippen molar-refractivity contribution in [3.8, 4) is 0 Å². The molecule has 0 saturated carbocycles. The molecule has 4 aromatic rings. The Hall–Kier alpha value is -5.82. The van der Waals surface area contributed by atoms with Crippen LogP contribution in [0, 0.1) is 0 Å². The fourth-order valence-corrected chi connectivity index (χ4v) is 7.73.